The second-order valence-corrected chi connectivity index (χ2v) is 8.90. The van der Waals surface area contributed by atoms with Crippen molar-refractivity contribution in [3.63, 3.8) is 0 Å². The lowest BCUT2D eigenvalue weighted by Gasteiger charge is -2.33. The van der Waals surface area contributed by atoms with E-state index in [4.69, 9.17) is 4.74 Å². The van der Waals surface area contributed by atoms with Crippen LogP contribution in [0, 0.1) is 0 Å². The summed E-state index contributed by atoms with van der Waals surface area (Å²) in [5.41, 5.74) is 1.70. The molecular formula is C20H23N3O4S. The summed E-state index contributed by atoms with van der Waals surface area (Å²) in [6.07, 6.45) is 0.739. The third-order valence-corrected chi connectivity index (χ3v) is 6.95. The highest BCUT2D eigenvalue weighted by molar-refractivity contribution is 7.89. The number of benzene rings is 2. The average molecular weight is 401 g/mol. The first-order valence-electron chi connectivity index (χ1n) is 9.35. The van der Waals surface area contributed by atoms with Gasteiger partial charge in [-0.25, -0.2) is 8.42 Å². The maximum absolute atomic E-state index is 12.9. The Balaban J connectivity index is 1.34. The molecule has 0 aliphatic carbocycles. The molecule has 7 nitrogen and oxygen atoms in total. The molecule has 0 radical (unpaired) electrons. The van der Waals surface area contributed by atoms with E-state index in [1.807, 2.05) is 35.2 Å². The summed E-state index contributed by atoms with van der Waals surface area (Å²) in [6, 6.07) is 14.4. The molecule has 4 rings (SSSR count). The van der Waals surface area contributed by atoms with E-state index in [1.54, 1.807) is 18.2 Å². The van der Waals surface area contributed by atoms with Gasteiger partial charge in [-0.2, -0.15) is 4.31 Å². The van der Waals surface area contributed by atoms with E-state index in [9.17, 15) is 13.2 Å². The number of rotatable bonds is 5. The third-order valence-electron chi connectivity index (χ3n) is 5.05. The Labute approximate surface area is 165 Å². The molecule has 2 aromatic rings. The normalized spacial score (nSPS) is 17.7. The number of carbonyl (C=O) groups is 1. The summed E-state index contributed by atoms with van der Waals surface area (Å²) in [4.78, 5) is 14.5. The number of sulfonamides is 1. The number of amides is 1. The fourth-order valence-corrected chi connectivity index (χ4v) is 5.00. The van der Waals surface area contributed by atoms with Crippen LogP contribution in [-0.2, 0) is 21.2 Å². The summed E-state index contributed by atoms with van der Waals surface area (Å²) >= 11 is 0. The first-order valence-corrected chi connectivity index (χ1v) is 10.8. The molecule has 1 saturated heterocycles. The monoisotopic (exact) mass is 401 g/mol. The Hall–Kier alpha value is -2.42. The Morgan fingerprint density at radius 2 is 1.79 bits per heavy atom. The second kappa shape index (κ2) is 7.90. The van der Waals surface area contributed by atoms with Crippen molar-refractivity contribution in [3.8, 4) is 5.75 Å². The highest BCUT2D eigenvalue weighted by Crippen LogP contribution is 2.29. The number of anilines is 1. The van der Waals surface area contributed by atoms with E-state index in [-0.39, 0.29) is 12.5 Å². The van der Waals surface area contributed by atoms with Gasteiger partial charge in [0.1, 0.15) is 5.75 Å². The number of para-hydroxylation sites is 1. The van der Waals surface area contributed by atoms with Crippen LogP contribution >= 0.6 is 0 Å². The average Bonchev–Trinajstić information content (AvgIpc) is 3.17. The minimum absolute atomic E-state index is 0.0962. The molecule has 0 atom stereocenters. The number of hydrogen-bond acceptors (Lipinski definition) is 5. The molecule has 2 heterocycles. The third kappa shape index (κ3) is 4.04. The Bertz CT molecular complexity index is 955. The second-order valence-electron chi connectivity index (χ2n) is 6.96. The number of fused-ring (bicyclic) bond motifs is 1. The highest BCUT2D eigenvalue weighted by atomic mass is 32.2. The van der Waals surface area contributed by atoms with Crippen LogP contribution in [0.15, 0.2) is 53.4 Å². The Morgan fingerprint density at radius 1 is 1.04 bits per heavy atom. The van der Waals surface area contributed by atoms with Gasteiger partial charge in [-0.3, -0.25) is 9.69 Å². The van der Waals surface area contributed by atoms with Gasteiger partial charge in [0, 0.05) is 38.3 Å². The summed E-state index contributed by atoms with van der Waals surface area (Å²) in [7, 11) is -3.53. The van der Waals surface area contributed by atoms with Gasteiger partial charge in [-0.05, 0) is 35.9 Å². The number of nitrogens with zero attached hydrogens (tertiary/aromatic N) is 2. The zero-order valence-electron chi connectivity index (χ0n) is 15.5. The zero-order chi connectivity index (χ0) is 19.6. The lowest BCUT2D eigenvalue weighted by molar-refractivity contribution is -0.117. The molecule has 0 saturated carbocycles. The molecule has 1 amide bonds. The van der Waals surface area contributed by atoms with Gasteiger partial charge in [0.2, 0.25) is 15.9 Å². The number of ether oxygens (including phenoxy) is 1. The highest BCUT2D eigenvalue weighted by Gasteiger charge is 2.30. The van der Waals surface area contributed by atoms with Gasteiger partial charge in [0.05, 0.1) is 18.0 Å². The molecule has 1 N–H and O–H groups in total. The summed E-state index contributed by atoms with van der Waals surface area (Å²) < 4.78 is 32.8. The minimum Gasteiger partial charge on any atom is -0.493 e. The largest absolute Gasteiger partial charge is 0.493 e. The van der Waals surface area contributed by atoms with Gasteiger partial charge in [0.15, 0.2) is 0 Å². The molecule has 0 bridgehead atoms. The van der Waals surface area contributed by atoms with Gasteiger partial charge >= 0.3 is 0 Å². The van der Waals surface area contributed by atoms with Gasteiger partial charge < -0.3 is 10.1 Å². The van der Waals surface area contributed by atoms with Crippen molar-refractivity contribution in [2.24, 2.45) is 0 Å². The smallest absolute Gasteiger partial charge is 0.243 e. The quantitative estimate of drug-likeness (QED) is 0.823. The van der Waals surface area contributed by atoms with Crippen molar-refractivity contribution in [2.45, 2.75) is 11.3 Å². The molecule has 2 aliphatic heterocycles. The van der Waals surface area contributed by atoms with Gasteiger partial charge in [-0.15, -0.1) is 0 Å². The van der Waals surface area contributed by atoms with Crippen LogP contribution in [0.1, 0.15) is 5.56 Å². The zero-order valence-corrected chi connectivity index (χ0v) is 16.3. The van der Waals surface area contributed by atoms with Crippen LogP contribution in [0.4, 0.5) is 5.69 Å². The van der Waals surface area contributed by atoms with Crippen LogP contribution in [0.3, 0.4) is 0 Å². The lowest BCUT2D eigenvalue weighted by atomic mass is 10.2. The predicted octanol–water partition coefficient (Wildman–Crippen LogP) is 1.57. The summed E-state index contributed by atoms with van der Waals surface area (Å²) in [5, 5.41) is 2.86. The number of nitrogens with one attached hydrogen (secondary N) is 1. The van der Waals surface area contributed by atoms with Crippen LogP contribution in [-0.4, -0.2) is 62.9 Å². The van der Waals surface area contributed by atoms with E-state index in [2.05, 4.69) is 5.32 Å². The molecular weight excluding hydrogens is 378 g/mol. The molecule has 2 aliphatic rings. The fourth-order valence-electron chi connectivity index (χ4n) is 3.53. The molecule has 8 heteroatoms. The lowest BCUT2D eigenvalue weighted by Crippen LogP contribution is -2.50. The standard InChI is InChI=1S/C20H23N3O4S/c24-20(21-17-4-2-1-3-5-17)15-22-9-11-23(12-10-22)28(25,26)18-6-7-19-16(14-18)8-13-27-19/h1-7,14H,8-13,15H2,(H,21,24). The first kappa shape index (κ1) is 18.9. The number of carbonyl (C=O) groups excluding carboxylic acids is 1. The summed E-state index contributed by atoms with van der Waals surface area (Å²) in [5.74, 6) is 0.675. The summed E-state index contributed by atoms with van der Waals surface area (Å²) in [6.45, 7) is 2.63. The molecule has 1 fully saturated rings. The maximum Gasteiger partial charge on any atom is 0.243 e. The molecule has 0 spiro atoms. The first-order chi connectivity index (χ1) is 13.5. The Morgan fingerprint density at radius 3 is 2.54 bits per heavy atom. The van der Waals surface area contributed by atoms with Crippen molar-refractivity contribution in [2.75, 3.05) is 44.6 Å². The van der Waals surface area contributed by atoms with E-state index < -0.39 is 10.0 Å². The molecule has 2 aromatic carbocycles. The molecule has 148 valence electrons. The Kier molecular flexibility index (Phi) is 5.34. The van der Waals surface area contributed by atoms with E-state index in [1.165, 1.54) is 4.31 Å². The van der Waals surface area contributed by atoms with Crippen LogP contribution in [0.5, 0.6) is 5.75 Å². The van der Waals surface area contributed by atoms with Gasteiger partial charge in [-0.1, -0.05) is 18.2 Å². The molecule has 0 aromatic heterocycles. The van der Waals surface area contributed by atoms with Crippen molar-refractivity contribution in [1.29, 1.82) is 0 Å². The van der Waals surface area contributed by atoms with Crippen molar-refractivity contribution >= 4 is 21.6 Å². The van der Waals surface area contributed by atoms with E-state index in [0.29, 0.717) is 37.7 Å². The minimum atomic E-state index is -3.53. The van der Waals surface area contributed by atoms with E-state index >= 15 is 0 Å². The van der Waals surface area contributed by atoms with E-state index in [0.717, 1.165) is 23.4 Å². The fraction of sp³-hybridized carbons (Fsp3) is 0.350. The topological polar surface area (TPSA) is 79.0 Å². The predicted molar refractivity (Wildman–Crippen MR) is 106 cm³/mol. The molecule has 28 heavy (non-hydrogen) atoms. The van der Waals surface area contributed by atoms with Crippen molar-refractivity contribution in [1.82, 2.24) is 9.21 Å². The maximum atomic E-state index is 12.9. The van der Waals surface area contributed by atoms with Gasteiger partial charge in [0.25, 0.3) is 0 Å². The number of hydrogen-bond donors (Lipinski definition) is 1. The SMILES string of the molecule is O=C(CN1CCN(S(=O)(=O)c2ccc3c(c2)CCO3)CC1)Nc1ccccc1. The van der Waals surface area contributed by atoms with Crippen molar-refractivity contribution < 1.29 is 17.9 Å². The molecule has 0 unspecified atom stereocenters. The number of piperazine rings is 1. The van der Waals surface area contributed by atoms with Crippen molar-refractivity contribution in [3.05, 3.63) is 54.1 Å². The van der Waals surface area contributed by atoms with Crippen LogP contribution < -0.4 is 10.1 Å². The van der Waals surface area contributed by atoms with Crippen LogP contribution in [0.25, 0.3) is 0 Å². The van der Waals surface area contributed by atoms with Crippen LogP contribution in [0.2, 0.25) is 0 Å².